The van der Waals surface area contributed by atoms with E-state index in [-0.39, 0.29) is 6.04 Å². The fourth-order valence-corrected chi connectivity index (χ4v) is 4.24. The number of rotatable bonds is 7. The van der Waals surface area contributed by atoms with Crippen molar-refractivity contribution in [3.63, 3.8) is 0 Å². The molecule has 4 rings (SSSR count). The van der Waals surface area contributed by atoms with Gasteiger partial charge < -0.3 is 14.8 Å². The molecular weight excluding hydrogens is 370 g/mol. The predicted octanol–water partition coefficient (Wildman–Crippen LogP) is 3.88. The summed E-state index contributed by atoms with van der Waals surface area (Å²) in [6, 6.07) is 18.4. The van der Waals surface area contributed by atoms with Crippen LogP contribution in [0.25, 0.3) is 0 Å². The summed E-state index contributed by atoms with van der Waals surface area (Å²) in [6.07, 6.45) is 0. The lowest BCUT2D eigenvalue weighted by atomic mass is 10.0. The standard InChI is InChI=1S/C22H25N3O2S/c1-26-21-10-6-5-9-19(21)20-13-23-11-12-25(20)14-17-16-28-22(24-17)15-27-18-7-3-2-4-8-18/h2-10,16,20,23H,11-15H2,1H3. The second-order valence-electron chi connectivity index (χ2n) is 6.77. The lowest BCUT2D eigenvalue weighted by molar-refractivity contribution is 0.149. The number of aromatic nitrogens is 1. The van der Waals surface area contributed by atoms with E-state index in [0.717, 1.165) is 48.4 Å². The van der Waals surface area contributed by atoms with E-state index in [1.54, 1.807) is 18.4 Å². The summed E-state index contributed by atoms with van der Waals surface area (Å²) >= 11 is 1.66. The average molecular weight is 396 g/mol. The van der Waals surface area contributed by atoms with Crippen molar-refractivity contribution < 1.29 is 9.47 Å². The van der Waals surface area contributed by atoms with Gasteiger partial charge in [-0.25, -0.2) is 4.98 Å². The lowest BCUT2D eigenvalue weighted by Crippen LogP contribution is -2.45. The zero-order valence-electron chi connectivity index (χ0n) is 16.0. The van der Waals surface area contributed by atoms with Crippen LogP contribution in [0.4, 0.5) is 0 Å². The first-order valence-electron chi connectivity index (χ1n) is 9.52. The van der Waals surface area contributed by atoms with E-state index in [1.165, 1.54) is 5.56 Å². The monoisotopic (exact) mass is 395 g/mol. The van der Waals surface area contributed by atoms with Crippen molar-refractivity contribution in [1.29, 1.82) is 0 Å². The second-order valence-corrected chi connectivity index (χ2v) is 7.71. The highest BCUT2D eigenvalue weighted by Gasteiger charge is 2.26. The summed E-state index contributed by atoms with van der Waals surface area (Å²) in [4.78, 5) is 7.27. The number of nitrogens with zero attached hydrogens (tertiary/aromatic N) is 2. The van der Waals surface area contributed by atoms with E-state index >= 15 is 0 Å². The average Bonchev–Trinajstić information content (AvgIpc) is 3.21. The molecule has 1 fully saturated rings. The molecule has 1 unspecified atom stereocenters. The third-order valence-electron chi connectivity index (χ3n) is 4.92. The van der Waals surface area contributed by atoms with Gasteiger partial charge in [0, 0.05) is 37.1 Å². The van der Waals surface area contributed by atoms with Crippen molar-refractivity contribution in [3.05, 3.63) is 76.2 Å². The predicted molar refractivity (Wildman–Crippen MR) is 112 cm³/mol. The van der Waals surface area contributed by atoms with Gasteiger partial charge in [-0.05, 0) is 18.2 Å². The summed E-state index contributed by atoms with van der Waals surface area (Å²) < 4.78 is 11.4. The maximum atomic E-state index is 5.82. The first kappa shape index (κ1) is 18.9. The van der Waals surface area contributed by atoms with E-state index in [1.807, 2.05) is 42.5 Å². The van der Waals surface area contributed by atoms with Crippen molar-refractivity contribution in [2.75, 3.05) is 26.7 Å². The fraction of sp³-hybridized carbons (Fsp3) is 0.318. The number of thiazole rings is 1. The van der Waals surface area contributed by atoms with Gasteiger partial charge in [0.05, 0.1) is 18.8 Å². The Balaban J connectivity index is 1.43. The molecule has 1 N–H and O–H groups in total. The minimum atomic E-state index is 0.274. The van der Waals surface area contributed by atoms with Gasteiger partial charge in [0.15, 0.2) is 0 Å². The van der Waals surface area contributed by atoms with Crippen molar-refractivity contribution >= 4 is 11.3 Å². The van der Waals surface area contributed by atoms with Crippen LogP contribution < -0.4 is 14.8 Å². The fourth-order valence-electron chi connectivity index (χ4n) is 3.54. The van der Waals surface area contributed by atoms with Gasteiger partial charge >= 0.3 is 0 Å². The van der Waals surface area contributed by atoms with Crippen molar-refractivity contribution in [2.45, 2.75) is 19.2 Å². The molecular formula is C22H25N3O2S. The van der Waals surface area contributed by atoms with Gasteiger partial charge in [-0.2, -0.15) is 0 Å². The van der Waals surface area contributed by atoms with Gasteiger partial charge in [-0.1, -0.05) is 36.4 Å². The van der Waals surface area contributed by atoms with Gasteiger partial charge in [-0.3, -0.25) is 4.90 Å². The Labute approximate surface area is 169 Å². The molecule has 0 saturated carbocycles. The van der Waals surface area contributed by atoms with Crippen LogP contribution in [0.2, 0.25) is 0 Å². The molecule has 146 valence electrons. The van der Waals surface area contributed by atoms with Crippen LogP contribution in [0.1, 0.15) is 22.3 Å². The molecule has 28 heavy (non-hydrogen) atoms. The zero-order chi connectivity index (χ0) is 19.2. The molecule has 1 aromatic heterocycles. The molecule has 0 spiro atoms. The highest BCUT2D eigenvalue weighted by molar-refractivity contribution is 7.09. The number of methoxy groups -OCH3 is 1. The Bertz CT molecular complexity index is 884. The molecule has 0 radical (unpaired) electrons. The number of piperazine rings is 1. The maximum Gasteiger partial charge on any atom is 0.140 e. The van der Waals surface area contributed by atoms with Gasteiger partial charge in [-0.15, -0.1) is 11.3 Å². The largest absolute Gasteiger partial charge is 0.496 e. The molecule has 1 aliphatic rings. The number of nitrogens with one attached hydrogen (secondary N) is 1. The molecule has 5 nitrogen and oxygen atoms in total. The highest BCUT2D eigenvalue weighted by atomic mass is 32.1. The highest BCUT2D eigenvalue weighted by Crippen LogP contribution is 2.31. The normalized spacial score (nSPS) is 17.4. The zero-order valence-corrected chi connectivity index (χ0v) is 16.8. The van der Waals surface area contributed by atoms with E-state index in [9.17, 15) is 0 Å². The minimum absolute atomic E-state index is 0.274. The number of benzene rings is 2. The SMILES string of the molecule is COc1ccccc1C1CNCCN1Cc1csc(COc2ccccc2)n1. The molecule has 1 aliphatic heterocycles. The van der Waals surface area contributed by atoms with Crippen LogP contribution >= 0.6 is 11.3 Å². The Morgan fingerprint density at radius 3 is 2.82 bits per heavy atom. The maximum absolute atomic E-state index is 5.82. The number of hydrogen-bond acceptors (Lipinski definition) is 6. The minimum Gasteiger partial charge on any atom is -0.496 e. The molecule has 0 amide bonds. The summed E-state index contributed by atoms with van der Waals surface area (Å²) in [5, 5.41) is 6.66. The van der Waals surface area contributed by atoms with E-state index in [0.29, 0.717) is 6.61 Å². The Morgan fingerprint density at radius 1 is 1.14 bits per heavy atom. The number of ether oxygens (including phenoxy) is 2. The number of hydrogen-bond donors (Lipinski definition) is 1. The van der Waals surface area contributed by atoms with Crippen LogP contribution in [-0.2, 0) is 13.2 Å². The smallest absolute Gasteiger partial charge is 0.140 e. The summed E-state index contributed by atoms with van der Waals surface area (Å²) in [6.45, 7) is 4.21. The summed E-state index contributed by atoms with van der Waals surface area (Å²) in [5.41, 5.74) is 2.32. The van der Waals surface area contributed by atoms with E-state index < -0.39 is 0 Å². The van der Waals surface area contributed by atoms with Gasteiger partial charge in [0.25, 0.3) is 0 Å². The molecule has 6 heteroatoms. The Hall–Kier alpha value is -2.41. The van der Waals surface area contributed by atoms with Crippen LogP contribution in [0.5, 0.6) is 11.5 Å². The molecule has 3 aromatic rings. The quantitative estimate of drug-likeness (QED) is 0.658. The molecule has 0 bridgehead atoms. The van der Waals surface area contributed by atoms with Crippen LogP contribution in [0, 0.1) is 0 Å². The Kier molecular flexibility index (Phi) is 6.21. The molecule has 1 saturated heterocycles. The first-order chi connectivity index (χ1) is 13.8. The molecule has 2 aromatic carbocycles. The van der Waals surface area contributed by atoms with Crippen molar-refractivity contribution in [1.82, 2.24) is 15.2 Å². The van der Waals surface area contributed by atoms with Gasteiger partial charge in [0.1, 0.15) is 23.1 Å². The number of para-hydroxylation sites is 2. The third kappa shape index (κ3) is 4.52. The molecule has 1 atom stereocenters. The second kappa shape index (κ2) is 9.19. The topological polar surface area (TPSA) is 46.6 Å². The van der Waals surface area contributed by atoms with E-state index in [4.69, 9.17) is 14.5 Å². The lowest BCUT2D eigenvalue weighted by Gasteiger charge is -2.36. The third-order valence-corrected chi connectivity index (χ3v) is 5.79. The molecule has 2 heterocycles. The Morgan fingerprint density at radius 2 is 1.96 bits per heavy atom. The first-order valence-corrected chi connectivity index (χ1v) is 10.4. The molecule has 0 aliphatic carbocycles. The van der Waals surface area contributed by atoms with Crippen LogP contribution in [-0.4, -0.2) is 36.6 Å². The van der Waals surface area contributed by atoms with Crippen LogP contribution in [0.3, 0.4) is 0 Å². The van der Waals surface area contributed by atoms with Gasteiger partial charge in [0.2, 0.25) is 0 Å². The van der Waals surface area contributed by atoms with Crippen LogP contribution in [0.15, 0.2) is 60.0 Å². The van der Waals surface area contributed by atoms with E-state index in [2.05, 4.69) is 27.7 Å². The van der Waals surface area contributed by atoms with Crippen molar-refractivity contribution in [2.24, 2.45) is 0 Å². The summed E-state index contributed by atoms with van der Waals surface area (Å²) in [5.74, 6) is 1.81. The van der Waals surface area contributed by atoms with Crippen molar-refractivity contribution in [3.8, 4) is 11.5 Å². The summed E-state index contributed by atoms with van der Waals surface area (Å²) in [7, 11) is 1.73.